The second-order valence-corrected chi connectivity index (χ2v) is 4.99. The maximum atomic E-state index is 11.9. The second kappa shape index (κ2) is 5.73. The Labute approximate surface area is 116 Å². The van der Waals surface area contributed by atoms with Gasteiger partial charge in [0.15, 0.2) is 0 Å². The first-order chi connectivity index (χ1) is 9.49. The first-order valence-electron chi connectivity index (χ1n) is 6.41. The summed E-state index contributed by atoms with van der Waals surface area (Å²) in [5.41, 5.74) is 0.846. The van der Waals surface area contributed by atoms with Gasteiger partial charge in [0, 0.05) is 5.39 Å². The van der Waals surface area contributed by atoms with Gasteiger partial charge in [-0.3, -0.25) is 9.48 Å². The number of aliphatic carboxylic acids is 1. The molecule has 0 aliphatic heterocycles. The number of carboxylic acids is 1. The van der Waals surface area contributed by atoms with Crippen LogP contribution in [0, 0.1) is 5.92 Å². The van der Waals surface area contributed by atoms with Gasteiger partial charge in [-0.15, -0.1) is 0 Å². The van der Waals surface area contributed by atoms with E-state index in [4.69, 9.17) is 5.11 Å². The minimum Gasteiger partial charge on any atom is -0.480 e. The third-order valence-electron chi connectivity index (χ3n) is 3.09. The molecule has 0 aliphatic carbocycles. The van der Waals surface area contributed by atoms with Gasteiger partial charge in [-0.05, 0) is 12.0 Å². The fourth-order valence-corrected chi connectivity index (χ4v) is 2.02. The molecule has 1 amide bonds. The number of benzene rings is 1. The van der Waals surface area contributed by atoms with Crippen molar-refractivity contribution in [1.29, 1.82) is 0 Å². The molecule has 6 heteroatoms. The summed E-state index contributed by atoms with van der Waals surface area (Å²) in [6.45, 7) is 3.51. The Balaban J connectivity index is 2.10. The van der Waals surface area contributed by atoms with E-state index in [1.54, 1.807) is 24.7 Å². The molecule has 20 heavy (non-hydrogen) atoms. The molecule has 1 aromatic carbocycles. The van der Waals surface area contributed by atoms with E-state index in [0.29, 0.717) is 0 Å². The van der Waals surface area contributed by atoms with Crippen LogP contribution in [0.3, 0.4) is 0 Å². The lowest BCUT2D eigenvalue weighted by atomic mass is 10.1. The molecule has 0 bridgehead atoms. The number of nitrogens with zero attached hydrogens (tertiary/aromatic N) is 2. The molecule has 1 unspecified atom stereocenters. The molecule has 2 N–H and O–H groups in total. The van der Waals surface area contributed by atoms with Crippen molar-refractivity contribution < 1.29 is 14.7 Å². The Morgan fingerprint density at radius 1 is 1.35 bits per heavy atom. The van der Waals surface area contributed by atoms with Crippen LogP contribution in [0.25, 0.3) is 10.9 Å². The van der Waals surface area contributed by atoms with Crippen LogP contribution < -0.4 is 5.32 Å². The lowest BCUT2D eigenvalue weighted by Crippen LogP contribution is -2.45. The molecule has 106 valence electrons. The minimum absolute atomic E-state index is 0.00398. The number of rotatable bonds is 5. The second-order valence-electron chi connectivity index (χ2n) is 4.99. The molecule has 0 saturated carbocycles. The van der Waals surface area contributed by atoms with E-state index in [9.17, 15) is 9.59 Å². The average molecular weight is 275 g/mol. The molecule has 2 rings (SSSR count). The predicted octanol–water partition coefficient (Wildman–Crippen LogP) is 1.26. The highest BCUT2D eigenvalue weighted by atomic mass is 16.4. The molecule has 1 atom stereocenters. The molecule has 1 aromatic heterocycles. The largest absolute Gasteiger partial charge is 0.480 e. The van der Waals surface area contributed by atoms with Gasteiger partial charge in [0.1, 0.15) is 12.6 Å². The van der Waals surface area contributed by atoms with Gasteiger partial charge < -0.3 is 10.4 Å². The Kier molecular flexibility index (Phi) is 4.02. The summed E-state index contributed by atoms with van der Waals surface area (Å²) in [6.07, 6.45) is 1.68. The summed E-state index contributed by atoms with van der Waals surface area (Å²) in [5.74, 6) is -1.57. The van der Waals surface area contributed by atoms with Crippen molar-refractivity contribution in [2.24, 2.45) is 5.92 Å². The van der Waals surface area contributed by atoms with Crippen LogP contribution in [0.15, 0.2) is 30.5 Å². The Morgan fingerprint density at radius 2 is 2.05 bits per heavy atom. The van der Waals surface area contributed by atoms with Gasteiger partial charge in [-0.2, -0.15) is 5.10 Å². The maximum Gasteiger partial charge on any atom is 0.326 e. The third kappa shape index (κ3) is 2.96. The van der Waals surface area contributed by atoms with Crippen molar-refractivity contribution in [1.82, 2.24) is 15.1 Å². The lowest BCUT2D eigenvalue weighted by Gasteiger charge is -2.17. The third-order valence-corrected chi connectivity index (χ3v) is 3.09. The monoisotopic (exact) mass is 275 g/mol. The Bertz CT molecular complexity index is 633. The van der Waals surface area contributed by atoms with Crippen LogP contribution in [0.2, 0.25) is 0 Å². The number of fused-ring (bicyclic) bond motifs is 1. The SMILES string of the molecule is CC(C)C(NC(=O)Cn1ncc2ccccc21)C(=O)O. The zero-order valence-corrected chi connectivity index (χ0v) is 11.4. The number of carboxylic acid groups (broad SMARTS) is 1. The molecule has 6 nitrogen and oxygen atoms in total. The quantitative estimate of drug-likeness (QED) is 0.860. The number of nitrogens with one attached hydrogen (secondary N) is 1. The Morgan fingerprint density at radius 3 is 2.70 bits per heavy atom. The van der Waals surface area contributed by atoms with Crippen molar-refractivity contribution in [3.63, 3.8) is 0 Å². The fraction of sp³-hybridized carbons (Fsp3) is 0.357. The van der Waals surface area contributed by atoms with Gasteiger partial charge in [0.05, 0.1) is 11.7 Å². The average Bonchev–Trinajstić information content (AvgIpc) is 2.79. The van der Waals surface area contributed by atoms with Gasteiger partial charge >= 0.3 is 5.97 Å². The van der Waals surface area contributed by atoms with E-state index in [2.05, 4.69) is 10.4 Å². The summed E-state index contributed by atoms with van der Waals surface area (Å²) in [5, 5.41) is 16.7. The predicted molar refractivity (Wildman–Crippen MR) is 74.1 cm³/mol. The number of para-hydroxylation sites is 1. The zero-order valence-electron chi connectivity index (χ0n) is 11.4. The van der Waals surface area contributed by atoms with Crippen LogP contribution in [0.5, 0.6) is 0 Å². The van der Waals surface area contributed by atoms with Crippen LogP contribution >= 0.6 is 0 Å². The van der Waals surface area contributed by atoms with E-state index < -0.39 is 12.0 Å². The van der Waals surface area contributed by atoms with Crippen LogP contribution in [-0.2, 0) is 16.1 Å². The van der Waals surface area contributed by atoms with Gasteiger partial charge in [-0.1, -0.05) is 32.0 Å². The molecule has 0 radical (unpaired) electrons. The summed E-state index contributed by atoms with van der Waals surface area (Å²) < 4.78 is 1.56. The van der Waals surface area contributed by atoms with Crippen LogP contribution in [-0.4, -0.2) is 32.8 Å². The normalized spacial score (nSPS) is 12.6. The van der Waals surface area contributed by atoms with Crippen LogP contribution in [0.4, 0.5) is 0 Å². The number of carbonyl (C=O) groups excluding carboxylic acids is 1. The standard InChI is InChI=1S/C14H17N3O3/c1-9(2)13(14(19)20)16-12(18)8-17-11-6-4-3-5-10(11)7-15-17/h3-7,9,13H,8H2,1-2H3,(H,16,18)(H,19,20). The van der Waals surface area contributed by atoms with Crippen LogP contribution in [0.1, 0.15) is 13.8 Å². The summed E-state index contributed by atoms with van der Waals surface area (Å²) in [4.78, 5) is 23.0. The van der Waals surface area contributed by atoms with Gasteiger partial charge in [-0.25, -0.2) is 4.79 Å². The number of carbonyl (C=O) groups is 2. The number of aromatic nitrogens is 2. The fourth-order valence-electron chi connectivity index (χ4n) is 2.02. The molecule has 0 aliphatic rings. The van der Waals surface area contributed by atoms with E-state index in [-0.39, 0.29) is 18.4 Å². The highest BCUT2D eigenvalue weighted by Crippen LogP contribution is 2.12. The molecule has 0 fully saturated rings. The molecule has 1 heterocycles. The molecular formula is C14H17N3O3. The van der Waals surface area contributed by atoms with E-state index >= 15 is 0 Å². The first kappa shape index (κ1) is 14.0. The Hall–Kier alpha value is -2.37. The molecular weight excluding hydrogens is 258 g/mol. The smallest absolute Gasteiger partial charge is 0.326 e. The minimum atomic E-state index is -1.03. The van der Waals surface area contributed by atoms with Crippen molar-refractivity contribution >= 4 is 22.8 Å². The van der Waals surface area contributed by atoms with Gasteiger partial charge in [0.2, 0.25) is 5.91 Å². The van der Waals surface area contributed by atoms with Crippen molar-refractivity contribution in [2.45, 2.75) is 26.4 Å². The summed E-state index contributed by atoms with van der Waals surface area (Å²) in [6, 6.07) is 6.65. The van der Waals surface area contributed by atoms with E-state index in [0.717, 1.165) is 10.9 Å². The lowest BCUT2D eigenvalue weighted by molar-refractivity contribution is -0.143. The molecule has 0 saturated heterocycles. The van der Waals surface area contributed by atoms with Crippen molar-refractivity contribution in [3.05, 3.63) is 30.5 Å². The summed E-state index contributed by atoms with van der Waals surface area (Å²) in [7, 11) is 0. The number of amides is 1. The summed E-state index contributed by atoms with van der Waals surface area (Å²) >= 11 is 0. The topological polar surface area (TPSA) is 84.2 Å². The first-order valence-corrected chi connectivity index (χ1v) is 6.41. The number of hydrogen-bond acceptors (Lipinski definition) is 3. The zero-order chi connectivity index (χ0) is 14.7. The molecule has 0 spiro atoms. The molecule has 2 aromatic rings. The maximum absolute atomic E-state index is 11.9. The highest BCUT2D eigenvalue weighted by molar-refractivity contribution is 5.85. The van der Waals surface area contributed by atoms with E-state index in [1.165, 1.54) is 0 Å². The highest BCUT2D eigenvalue weighted by Gasteiger charge is 2.23. The van der Waals surface area contributed by atoms with Crippen molar-refractivity contribution in [2.75, 3.05) is 0 Å². The van der Waals surface area contributed by atoms with Gasteiger partial charge in [0.25, 0.3) is 0 Å². The van der Waals surface area contributed by atoms with E-state index in [1.807, 2.05) is 24.3 Å². The number of hydrogen-bond donors (Lipinski definition) is 2. The van der Waals surface area contributed by atoms with Crippen molar-refractivity contribution in [3.8, 4) is 0 Å².